The van der Waals surface area contributed by atoms with Crippen molar-refractivity contribution in [2.24, 2.45) is 27.4 Å². The molecule has 518 valence electrons. The van der Waals surface area contributed by atoms with Crippen molar-refractivity contribution in [3.63, 3.8) is 0 Å². The van der Waals surface area contributed by atoms with E-state index in [-0.39, 0.29) is 41.1 Å². The molecule has 6 N–H and O–H groups in total. The smallest absolute Gasteiger partial charge is 0.295 e. The lowest BCUT2D eigenvalue weighted by molar-refractivity contribution is -0.140. The number of carbonyl (C=O) groups is 5. The quantitative estimate of drug-likeness (QED) is 0.0324. The van der Waals surface area contributed by atoms with Gasteiger partial charge in [-0.05, 0) is 141 Å². The molecule has 1 unspecified atom stereocenters. The van der Waals surface area contributed by atoms with Crippen LogP contribution >= 0.6 is 0 Å². The number of pyridine rings is 2. The van der Waals surface area contributed by atoms with Gasteiger partial charge < -0.3 is 45.6 Å². The first kappa shape index (κ1) is 82.1. The number of carbonyl (C=O) groups excluding carboxylic acids is 5. The minimum atomic E-state index is -0.941. The van der Waals surface area contributed by atoms with Gasteiger partial charge in [0.05, 0.1) is 61.6 Å². The molecule has 2 aliphatic rings. The highest BCUT2D eigenvalue weighted by molar-refractivity contribution is 6.46. The molecule has 1 atom stereocenters. The number of primary amides is 1. The normalized spacial score (nSPS) is 14.8. The molecule has 4 amide bonds. The van der Waals surface area contributed by atoms with Crippen molar-refractivity contribution < 1.29 is 43.0 Å². The highest BCUT2D eigenvalue weighted by Gasteiger charge is 2.46. The summed E-state index contributed by atoms with van der Waals surface area (Å²) in [6.45, 7) is 51.6. The summed E-state index contributed by atoms with van der Waals surface area (Å²) < 4.78 is 18.1. The molecule has 0 bridgehead atoms. The van der Waals surface area contributed by atoms with E-state index in [1.54, 1.807) is 104 Å². The molecule has 19 heteroatoms. The first-order chi connectivity index (χ1) is 43.4. The summed E-state index contributed by atoms with van der Waals surface area (Å²) in [7, 11) is 0. The number of ketones is 1. The molecule has 19 nitrogen and oxygen atoms in total. The first-order valence-electron chi connectivity index (χ1n) is 32.3. The molecular weight excluding hydrogens is 1180 g/mol. The highest BCUT2D eigenvalue weighted by Crippen LogP contribution is 2.40. The minimum Gasteiger partial charge on any atom is -0.507 e. The third kappa shape index (κ3) is 35.9. The molecule has 4 aromatic heterocycles. The maximum atomic E-state index is 13.3. The number of morpholine rings is 1. The van der Waals surface area contributed by atoms with Crippen LogP contribution in [-0.2, 0) is 42.6 Å². The Morgan fingerprint density at radius 1 is 0.691 bits per heavy atom. The van der Waals surface area contributed by atoms with Gasteiger partial charge in [-0.1, -0.05) is 141 Å². The van der Waals surface area contributed by atoms with Gasteiger partial charge in [0.25, 0.3) is 17.6 Å². The number of hydrogen-bond donors (Lipinski definition) is 5. The van der Waals surface area contributed by atoms with Crippen LogP contribution in [0, 0.1) is 28.6 Å². The van der Waals surface area contributed by atoms with Crippen molar-refractivity contribution in [3.05, 3.63) is 168 Å². The van der Waals surface area contributed by atoms with Gasteiger partial charge >= 0.3 is 0 Å². The van der Waals surface area contributed by atoms with Gasteiger partial charge in [0.15, 0.2) is 0 Å². The lowest BCUT2D eigenvalue weighted by Crippen LogP contribution is -2.44. The maximum Gasteiger partial charge on any atom is 0.295 e. The number of nitrogens with one attached hydrogen (secondary N) is 3. The summed E-state index contributed by atoms with van der Waals surface area (Å²) in [5.41, 5.74) is 10.0. The predicted octanol–water partition coefficient (Wildman–Crippen LogP) is 14.4. The molecule has 0 saturated carbocycles. The van der Waals surface area contributed by atoms with Gasteiger partial charge in [-0.15, -0.1) is 0 Å². The second-order valence-electron chi connectivity index (χ2n) is 31.1. The van der Waals surface area contributed by atoms with Crippen molar-refractivity contribution in [2.45, 2.75) is 189 Å². The lowest BCUT2D eigenvalue weighted by atomic mass is 9.95. The average Bonchev–Trinajstić information content (AvgIpc) is 1.60. The van der Waals surface area contributed by atoms with Gasteiger partial charge in [-0.2, -0.15) is 5.10 Å². The zero-order chi connectivity index (χ0) is 71.3. The van der Waals surface area contributed by atoms with Crippen molar-refractivity contribution in [2.75, 3.05) is 51.3 Å². The summed E-state index contributed by atoms with van der Waals surface area (Å²) >= 11 is 0. The van der Waals surface area contributed by atoms with Crippen LogP contribution in [0.25, 0.3) is 5.76 Å². The molecular formula is C75H114N10O9. The molecule has 0 spiro atoms. The summed E-state index contributed by atoms with van der Waals surface area (Å²) in [4.78, 5) is 73.3. The molecule has 2 saturated heterocycles. The monoisotopic (exact) mass is 1300 g/mol. The van der Waals surface area contributed by atoms with Crippen LogP contribution in [0.3, 0.4) is 0 Å². The number of rotatable bonds is 17. The van der Waals surface area contributed by atoms with Crippen LogP contribution in [0.1, 0.15) is 196 Å². The predicted molar refractivity (Wildman–Crippen MR) is 379 cm³/mol. The summed E-state index contributed by atoms with van der Waals surface area (Å²) in [6, 6.07) is 24.9. The zero-order valence-electron chi connectivity index (χ0n) is 60.7. The molecule has 0 aliphatic carbocycles. The fourth-order valence-electron chi connectivity index (χ4n) is 7.79. The number of hydrogen-bond acceptors (Lipinski definition) is 14. The number of amides is 4. The van der Waals surface area contributed by atoms with Gasteiger partial charge in [0.2, 0.25) is 11.8 Å². The molecule has 8 rings (SSSR count). The number of nitrogens with zero attached hydrogens (tertiary/aromatic N) is 6. The number of ether oxygens (including phenoxy) is 2. The fraction of sp³-hybridized carbons (Fsp3) is 0.520. The summed E-state index contributed by atoms with van der Waals surface area (Å²) in [5.74, 6) is -0.945. The molecule has 0 radical (unpaired) electrons. The maximum absolute atomic E-state index is 13.3. The van der Waals surface area contributed by atoms with E-state index in [0.29, 0.717) is 89.3 Å². The Bertz CT molecular complexity index is 3160. The number of anilines is 1. The number of likely N-dealkylation sites (tertiary alicyclic amines) is 1. The molecule has 94 heavy (non-hydrogen) atoms. The van der Waals surface area contributed by atoms with E-state index < -0.39 is 23.3 Å². The van der Waals surface area contributed by atoms with E-state index in [1.807, 2.05) is 58.0 Å². The van der Waals surface area contributed by atoms with E-state index in [4.69, 9.17) is 19.6 Å². The van der Waals surface area contributed by atoms with Crippen molar-refractivity contribution in [1.82, 2.24) is 40.2 Å². The fourth-order valence-corrected chi connectivity index (χ4v) is 7.79. The molecule has 6 heterocycles. The Labute approximate surface area is 562 Å². The molecule has 2 aliphatic heterocycles. The van der Waals surface area contributed by atoms with Gasteiger partial charge in [-0.25, -0.2) is 0 Å². The number of aliphatic hydroxyl groups is 1. The van der Waals surface area contributed by atoms with Crippen LogP contribution < -0.4 is 26.4 Å². The van der Waals surface area contributed by atoms with Crippen LogP contribution in [0.2, 0.25) is 0 Å². The van der Waals surface area contributed by atoms with Crippen LogP contribution in [-0.4, -0.2) is 116 Å². The number of nitrogens with two attached hydrogens (primary N) is 1. The first-order valence-corrected chi connectivity index (χ1v) is 32.3. The topological polar surface area (TPSA) is 249 Å². The van der Waals surface area contributed by atoms with E-state index >= 15 is 0 Å². The van der Waals surface area contributed by atoms with Crippen molar-refractivity contribution in [1.29, 1.82) is 0 Å². The second-order valence-corrected chi connectivity index (χ2v) is 31.1. The summed E-state index contributed by atoms with van der Waals surface area (Å²) in [6.07, 6.45) is 11.7. The Hall–Kier alpha value is -8.00. The number of aryl methyl sites for hydroxylation is 1. The average molecular weight is 1300 g/mol. The largest absolute Gasteiger partial charge is 0.507 e. The van der Waals surface area contributed by atoms with Gasteiger partial charge in [0, 0.05) is 68.3 Å². The second kappa shape index (κ2) is 38.4. The number of benzene rings is 2. The Kier molecular flexibility index (Phi) is 33.5. The zero-order valence-corrected chi connectivity index (χ0v) is 60.7. The standard InChI is InChI=1S/C31H33N3O5.C18H19N5O3.C6H14N2O.4C5H12/c1-22-20-25(8-9-26(22)39-21-23-6-3-2-4-7-23)29(35)27-28(24-10-12-32-13-11-24)34(31(37)30(27)36)15-5-14-33-16-18-38-19-17-33;1-18(2,17(25)20-11-15-6-4-8-26-15)23-12-14(10-21-23)22-16(24)13-5-3-7-19-9-13;1-6(2,3)8-4-5(7)9;4*1-5(2,3)4/h2-4,6-13,20,28,35H,5,14-19,21H2,1H3;3-10,12H,11H2,1-2H3,(H,20,25)(H,22,24);8H,4H2,1-3H3,(H2,7,9);4*1-4H3. The third-order valence-electron chi connectivity index (χ3n) is 11.9. The summed E-state index contributed by atoms with van der Waals surface area (Å²) in [5, 5.41) is 24.1. The molecule has 6 aromatic rings. The van der Waals surface area contributed by atoms with Gasteiger partial charge in [0.1, 0.15) is 29.4 Å². The number of Topliss-reactive ketones (excluding diaryl/α,β-unsaturated/α-hetero) is 1. The number of aliphatic hydroxyl groups excluding tert-OH is 1. The number of aromatic nitrogens is 4. The van der Waals surface area contributed by atoms with E-state index in [2.05, 4.69) is 147 Å². The van der Waals surface area contributed by atoms with Crippen molar-refractivity contribution in [3.8, 4) is 5.75 Å². The Morgan fingerprint density at radius 3 is 1.78 bits per heavy atom. The van der Waals surface area contributed by atoms with E-state index in [1.165, 1.54) is 17.1 Å². The van der Waals surface area contributed by atoms with Crippen molar-refractivity contribution >= 4 is 40.9 Å². The van der Waals surface area contributed by atoms with E-state index in [9.17, 15) is 29.1 Å². The molecule has 2 aromatic carbocycles. The lowest BCUT2D eigenvalue weighted by Gasteiger charge is -2.29. The van der Waals surface area contributed by atoms with Crippen LogP contribution in [0.5, 0.6) is 5.75 Å². The Balaban J connectivity index is 0.000000465. The highest BCUT2D eigenvalue weighted by atomic mass is 16.5. The minimum absolute atomic E-state index is 0.0188. The number of furan rings is 1. The van der Waals surface area contributed by atoms with Crippen LogP contribution in [0.4, 0.5) is 5.69 Å². The van der Waals surface area contributed by atoms with E-state index in [0.717, 1.165) is 36.3 Å². The van der Waals surface area contributed by atoms with Gasteiger partial charge in [-0.3, -0.25) is 43.5 Å². The Morgan fingerprint density at radius 2 is 1.28 bits per heavy atom. The SMILES string of the molecule is CC(C)(C(=O)NCc1ccco1)n1cc(NC(=O)c2cccnc2)cn1.CC(C)(C)C.CC(C)(C)C.CC(C)(C)C.CC(C)(C)C.CC(C)(C)NCC(N)=O.Cc1cc(C(O)=C2C(=O)C(=O)N(CCCN3CCOCC3)C2c2ccncc2)ccc1OCc1ccccc1. The van der Waals surface area contributed by atoms with Crippen LogP contribution in [0.15, 0.2) is 138 Å². The third-order valence-corrected chi connectivity index (χ3v) is 11.9. The molecule has 2 fully saturated rings.